The molecule has 1 aromatic rings. The molecule has 3 nitrogen and oxygen atoms in total. The molecule has 0 aromatic carbocycles. The Hall–Kier alpha value is -0.800. The van der Waals surface area contributed by atoms with Crippen molar-refractivity contribution in [3.63, 3.8) is 0 Å². The molecule has 3 heteroatoms. The Labute approximate surface area is 118 Å². The average molecular weight is 266 g/mol. The van der Waals surface area contributed by atoms with Crippen LogP contribution in [0.2, 0.25) is 0 Å². The molecule has 0 aliphatic carbocycles. The van der Waals surface area contributed by atoms with Crippen LogP contribution in [0.1, 0.15) is 58.1 Å². The fraction of sp³-hybridized carbons (Fsp3) is 0.750. The number of nitrogens with two attached hydrogens (primary N) is 1. The number of hydrogen-bond donors (Lipinski definition) is 1. The van der Waals surface area contributed by atoms with Crippen molar-refractivity contribution < 1.29 is 4.42 Å². The normalized spacial score (nSPS) is 13.7. The molecule has 0 saturated heterocycles. The Morgan fingerprint density at radius 2 is 1.84 bits per heavy atom. The van der Waals surface area contributed by atoms with Gasteiger partial charge in [-0.15, -0.1) is 0 Å². The maximum Gasteiger partial charge on any atom is 0.122 e. The van der Waals surface area contributed by atoms with Crippen molar-refractivity contribution >= 4 is 0 Å². The molecule has 0 amide bonds. The highest BCUT2D eigenvalue weighted by atomic mass is 16.3. The van der Waals surface area contributed by atoms with Crippen molar-refractivity contribution in [1.82, 2.24) is 4.90 Å². The summed E-state index contributed by atoms with van der Waals surface area (Å²) in [6, 6.07) is 4.86. The van der Waals surface area contributed by atoms with Crippen LogP contribution in [0, 0.1) is 12.8 Å². The molecule has 0 aliphatic heterocycles. The molecule has 0 fully saturated rings. The number of nitrogens with zero attached hydrogens (tertiary/aromatic N) is 1. The Bertz CT molecular complexity index is 355. The third-order valence-electron chi connectivity index (χ3n) is 3.70. The maximum absolute atomic E-state index is 6.04. The van der Waals surface area contributed by atoms with Crippen molar-refractivity contribution in [2.75, 3.05) is 13.1 Å². The van der Waals surface area contributed by atoms with Gasteiger partial charge >= 0.3 is 0 Å². The third-order valence-corrected chi connectivity index (χ3v) is 3.70. The van der Waals surface area contributed by atoms with Gasteiger partial charge in [-0.2, -0.15) is 0 Å². The van der Waals surface area contributed by atoms with Gasteiger partial charge in [-0.05, 0) is 37.8 Å². The lowest BCUT2D eigenvalue weighted by Crippen LogP contribution is -2.43. The minimum atomic E-state index is 0.195. The van der Waals surface area contributed by atoms with Gasteiger partial charge in [0.25, 0.3) is 0 Å². The van der Waals surface area contributed by atoms with E-state index in [4.69, 9.17) is 10.2 Å². The average Bonchev–Trinajstić information content (AvgIpc) is 2.77. The Balaban J connectivity index is 2.98. The van der Waals surface area contributed by atoms with Crippen LogP contribution in [0.15, 0.2) is 16.5 Å². The summed E-state index contributed by atoms with van der Waals surface area (Å²) in [6.07, 6.45) is 2.30. The number of hydrogen-bond acceptors (Lipinski definition) is 3. The molecule has 2 N–H and O–H groups in total. The van der Waals surface area contributed by atoms with E-state index in [0.717, 1.165) is 30.9 Å². The van der Waals surface area contributed by atoms with Gasteiger partial charge in [0.1, 0.15) is 11.5 Å². The minimum Gasteiger partial charge on any atom is -0.465 e. The zero-order valence-corrected chi connectivity index (χ0v) is 13.1. The summed E-state index contributed by atoms with van der Waals surface area (Å²) in [5.41, 5.74) is 6.04. The van der Waals surface area contributed by atoms with Crippen LogP contribution < -0.4 is 5.73 Å². The maximum atomic E-state index is 6.04. The fourth-order valence-electron chi connectivity index (χ4n) is 2.76. The summed E-state index contributed by atoms with van der Waals surface area (Å²) in [6.45, 7) is 12.7. The van der Waals surface area contributed by atoms with Gasteiger partial charge in [-0.1, -0.05) is 27.7 Å². The van der Waals surface area contributed by atoms with E-state index in [0.29, 0.717) is 18.5 Å². The van der Waals surface area contributed by atoms with Crippen LogP contribution in [0.25, 0.3) is 0 Å². The summed E-state index contributed by atoms with van der Waals surface area (Å²) >= 11 is 0. The van der Waals surface area contributed by atoms with Crippen molar-refractivity contribution in [3.05, 3.63) is 23.7 Å². The molecule has 0 radical (unpaired) electrons. The monoisotopic (exact) mass is 266 g/mol. The summed E-state index contributed by atoms with van der Waals surface area (Å²) in [5.74, 6) is 2.60. The topological polar surface area (TPSA) is 42.4 Å². The van der Waals surface area contributed by atoms with E-state index in [1.54, 1.807) is 0 Å². The summed E-state index contributed by atoms with van der Waals surface area (Å²) in [4.78, 5) is 2.53. The van der Waals surface area contributed by atoms with E-state index >= 15 is 0 Å². The SMILES string of the molecule is CCC(CC)N(CC(C)C)C(CN)c1ccc(C)o1. The van der Waals surface area contributed by atoms with Crippen LogP contribution in [-0.4, -0.2) is 24.0 Å². The predicted octanol–water partition coefficient (Wildman–Crippen LogP) is 3.73. The van der Waals surface area contributed by atoms with Gasteiger partial charge < -0.3 is 10.2 Å². The zero-order valence-electron chi connectivity index (χ0n) is 13.1. The summed E-state index contributed by atoms with van der Waals surface area (Å²) in [7, 11) is 0. The molecular weight excluding hydrogens is 236 g/mol. The summed E-state index contributed by atoms with van der Waals surface area (Å²) < 4.78 is 5.82. The molecule has 1 atom stereocenters. The Morgan fingerprint density at radius 3 is 2.21 bits per heavy atom. The second-order valence-corrected chi connectivity index (χ2v) is 5.76. The highest BCUT2D eigenvalue weighted by Crippen LogP contribution is 2.27. The molecular formula is C16H30N2O. The largest absolute Gasteiger partial charge is 0.465 e. The van der Waals surface area contributed by atoms with E-state index < -0.39 is 0 Å². The number of rotatable bonds is 8. The third kappa shape index (κ3) is 4.36. The van der Waals surface area contributed by atoms with Gasteiger partial charge in [0, 0.05) is 19.1 Å². The molecule has 0 aliphatic rings. The quantitative estimate of drug-likeness (QED) is 0.779. The predicted molar refractivity (Wildman–Crippen MR) is 81.2 cm³/mol. The molecule has 1 aromatic heterocycles. The van der Waals surface area contributed by atoms with Crippen LogP contribution in [0.5, 0.6) is 0 Å². The first kappa shape index (κ1) is 16.3. The van der Waals surface area contributed by atoms with Crippen LogP contribution in [0.3, 0.4) is 0 Å². The van der Waals surface area contributed by atoms with Crippen molar-refractivity contribution in [1.29, 1.82) is 0 Å². The van der Waals surface area contributed by atoms with Crippen molar-refractivity contribution in [3.8, 4) is 0 Å². The lowest BCUT2D eigenvalue weighted by Gasteiger charge is -2.37. The van der Waals surface area contributed by atoms with E-state index in [9.17, 15) is 0 Å². The standard InChI is InChI=1S/C16H30N2O/c1-6-14(7-2)18(11-12(3)4)15(10-17)16-9-8-13(5)19-16/h8-9,12,14-15H,6-7,10-11,17H2,1-5H3. The molecule has 1 heterocycles. The molecule has 0 saturated carbocycles. The Morgan fingerprint density at radius 1 is 1.21 bits per heavy atom. The smallest absolute Gasteiger partial charge is 0.122 e. The first-order chi connectivity index (χ1) is 9.03. The second kappa shape index (κ2) is 7.71. The second-order valence-electron chi connectivity index (χ2n) is 5.76. The molecule has 110 valence electrons. The van der Waals surface area contributed by atoms with Gasteiger partial charge in [-0.25, -0.2) is 0 Å². The lowest BCUT2D eigenvalue weighted by molar-refractivity contribution is 0.0986. The number of aryl methyl sites for hydroxylation is 1. The van der Waals surface area contributed by atoms with Gasteiger partial charge in [0.15, 0.2) is 0 Å². The number of furan rings is 1. The van der Waals surface area contributed by atoms with E-state index in [1.165, 1.54) is 0 Å². The van der Waals surface area contributed by atoms with E-state index in [1.807, 2.05) is 13.0 Å². The molecule has 0 bridgehead atoms. The minimum absolute atomic E-state index is 0.195. The fourth-order valence-corrected chi connectivity index (χ4v) is 2.76. The first-order valence-electron chi connectivity index (χ1n) is 7.55. The molecule has 1 rings (SSSR count). The van der Waals surface area contributed by atoms with Crippen LogP contribution >= 0.6 is 0 Å². The van der Waals surface area contributed by atoms with Crippen molar-refractivity contribution in [2.45, 2.75) is 59.5 Å². The highest BCUT2D eigenvalue weighted by Gasteiger charge is 2.27. The van der Waals surface area contributed by atoms with Gasteiger partial charge in [0.05, 0.1) is 6.04 Å². The van der Waals surface area contributed by atoms with Gasteiger partial charge in [0.2, 0.25) is 0 Å². The lowest BCUT2D eigenvalue weighted by atomic mass is 10.0. The first-order valence-corrected chi connectivity index (χ1v) is 7.55. The van der Waals surface area contributed by atoms with Crippen LogP contribution in [-0.2, 0) is 0 Å². The highest BCUT2D eigenvalue weighted by molar-refractivity contribution is 5.11. The van der Waals surface area contributed by atoms with E-state index in [-0.39, 0.29) is 6.04 Å². The zero-order chi connectivity index (χ0) is 14.4. The molecule has 19 heavy (non-hydrogen) atoms. The Kier molecular flexibility index (Phi) is 6.59. The molecule has 1 unspecified atom stereocenters. The van der Waals surface area contributed by atoms with Crippen molar-refractivity contribution in [2.24, 2.45) is 11.7 Å². The van der Waals surface area contributed by atoms with Gasteiger partial charge in [-0.3, -0.25) is 4.90 Å². The molecule has 0 spiro atoms. The van der Waals surface area contributed by atoms with E-state index in [2.05, 4.69) is 38.7 Å². The summed E-state index contributed by atoms with van der Waals surface area (Å²) in [5, 5.41) is 0. The van der Waals surface area contributed by atoms with Crippen LogP contribution in [0.4, 0.5) is 0 Å².